The second-order valence-electron chi connectivity index (χ2n) is 5.04. The summed E-state index contributed by atoms with van der Waals surface area (Å²) >= 11 is 5.96. The molecule has 0 aliphatic heterocycles. The molecule has 1 N–H and O–H groups in total. The molecule has 0 saturated heterocycles. The number of anilines is 1. The van der Waals surface area contributed by atoms with Gasteiger partial charge in [0.1, 0.15) is 5.82 Å². The molecule has 118 valence electrons. The van der Waals surface area contributed by atoms with Crippen LogP contribution >= 0.6 is 11.6 Å². The quantitative estimate of drug-likeness (QED) is 0.736. The number of halogens is 2. The molecule has 4 nitrogen and oxygen atoms in total. The minimum atomic E-state index is -0.379. The summed E-state index contributed by atoms with van der Waals surface area (Å²) in [5, 5.41) is 7.32. The van der Waals surface area contributed by atoms with E-state index in [0.29, 0.717) is 29.0 Å². The van der Waals surface area contributed by atoms with Crippen LogP contribution in [0.5, 0.6) is 0 Å². The topological polar surface area (TPSA) is 51.0 Å². The van der Waals surface area contributed by atoms with Crippen molar-refractivity contribution in [3.63, 3.8) is 0 Å². The maximum atomic E-state index is 13.0. The Labute approximate surface area is 138 Å². The zero-order valence-corrected chi connectivity index (χ0v) is 13.3. The molecule has 0 atom stereocenters. The van der Waals surface area contributed by atoms with Crippen LogP contribution in [0.4, 0.5) is 10.1 Å². The van der Waals surface area contributed by atoms with E-state index < -0.39 is 0 Å². The first-order valence-corrected chi connectivity index (χ1v) is 7.64. The van der Waals surface area contributed by atoms with Gasteiger partial charge in [-0.25, -0.2) is 4.39 Å². The van der Waals surface area contributed by atoms with Gasteiger partial charge < -0.3 is 9.84 Å². The average molecular weight is 332 g/mol. The molecule has 0 aliphatic carbocycles. The van der Waals surface area contributed by atoms with Gasteiger partial charge in [-0.2, -0.15) is 4.98 Å². The summed E-state index contributed by atoms with van der Waals surface area (Å²) in [5.74, 6) is 0.589. The molecule has 0 fully saturated rings. The Kier molecular flexibility index (Phi) is 4.57. The van der Waals surface area contributed by atoms with Crippen LogP contribution in [-0.4, -0.2) is 10.1 Å². The van der Waals surface area contributed by atoms with Crippen molar-refractivity contribution in [1.29, 1.82) is 0 Å². The molecule has 0 radical (unpaired) electrons. The van der Waals surface area contributed by atoms with Gasteiger partial charge >= 0.3 is 0 Å². The van der Waals surface area contributed by atoms with Crippen molar-refractivity contribution < 1.29 is 8.91 Å². The third-order valence-electron chi connectivity index (χ3n) is 3.45. The summed E-state index contributed by atoms with van der Waals surface area (Å²) in [6.07, 6.45) is 0.986. The lowest BCUT2D eigenvalue weighted by Crippen LogP contribution is -2.00. The van der Waals surface area contributed by atoms with Crippen LogP contribution in [0.15, 0.2) is 47.0 Å². The first kappa shape index (κ1) is 15.5. The Morgan fingerprint density at radius 1 is 1.17 bits per heavy atom. The highest BCUT2D eigenvalue weighted by atomic mass is 35.5. The Balaban J connectivity index is 1.69. The number of rotatable bonds is 5. The molecule has 0 spiro atoms. The molecule has 0 unspecified atom stereocenters. The molecule has 0 amide bonds. The number of hydrogen-bond acceptors (Lipinski definition) is 4. The van der Waals surface area contributed by atoms with Gasteiger partial charge in [-0.1, -0.05) is 47.9 Å². The highest BCUT2D eigenvalue weighted by Crippen LogP contribution is 2.23. The molecule has 0 aliphatic rings. The van der Waals surface area contributed by atoms with E-state index in [1.54, 1.807) is 6.07 Å². The van der Waals surface area contributed by atoms with Gasteiger partial charge in [0.05, 0.1) is 17.3 Å². The van der Waals surface area contributed by atoms with Gasteiger partial charge in [0, 0.05) is 5.56 Å². The Hall–Kier alpha value is -2.40. The summed E-state index contributed by atoms with van der Waals surface area (Å²) in [6, 6.07) is 12.2. The van der Waals surface area contributed by atoms with E-state index in [2.05, 4.69) is 22.4 Å². The van der Waals surface area contributed by atoms with Crippen molar-refractivity contribution in [2.75, 3.05) is 5.32 Å². The molecule has 6 heteroatoms. The molecule has 0 saturated carbocycles. The van der Waals surface area contributed by atoms with Crippen LogP contribution in [-0.2, 0) is 13.0 Å². The van der Waals surface area contributed by atoms with Gasteiger partial charge in [-0.15, -0.1) is 0 Å². The van der Waals surface area contributed by atoms with Gasteiger partial charge in [-0.05, 0) is 30.2 Å². The van der Waals surface area contributed by atoms with Crippen molar-refractivity contribution in [1.82, 2.24) is 10.1 Å². The predicted octanol–water partition coefficient (Wildman–Crippen LogP) is 4.70. The van der Waals surface area contributed by atoms with Crippen molar-refractivity contribution in [2.24, 2.45) is 0 Å². The van der Waals surface area contributed by atoms with E-state index >= 15 is 0 Å². The lowest BCUT2D eigenvalue weighted by atomic mass is 10.1. The number of nitrogens with zero attached hydrogens (tertiary/aromatic N) is 2. The van der Waals surface area contributed by atoms with E-state index in [1.165, 1.54) is 17.7 Å². The lowest BCUT2D eigenvalue weighted by molar-refractivity contribution is 0.384. The van der Waals surface area contributed by atoms with E-state index in [1.807, 2.05) is 24.3 Å². The van der Waals surface area contributed by atoms with Gasteiger partial charge in [-0.3, -0.25) is 0 Å². The maximum absolute atomic E-state index is 13.0. The van der Waals surface area contributed by atoms with Gasteiger partial charge in [0.25, 0.3) is 0 Å². The zero-order chi connectivity index (χ0) is 16.2. The van der Waals surface area contributed by atoms with Crippen LogP contribution < -0.4 is 5.32 Å². The summed E-state index contributed by atoms with van der Waals surface area (Å²) in [5.41, 5.74) is 2.77. The Morgan fingerprint density at radius 2 is 1.96 bits per heavy atom. The monoisotopic (exact) mass is 331 g/mol. The molecule has 2 aromatic carbocycles. The summed E-state index contributed by atoms with van der Waals surface area (Å²) in [6.45, 7) is 2.42. The van der Waals surface area contributed by atoms with E-state index in [9.17, 15) is 4.39 Å². The van der Waals surface area contributed by atoms with Crippen molar-refractivity contribution in [3.05, 3.63) is 64.8 Å². The summed E-state index contributed by atoms with van der Waals surface area (Å²) in [7, 11) is 0. The highest BCUT2D eigenvalue weighted by molar-refractivity contribution is 6.33. The standard InChI is InChI=1S/C17H15ClFN3O/c1-2-11-3-5-12(6-4-11)17-21-16(23-22-17)10-20-15-8-7-13(19)9-14(15)18/h3-9,20H,2,10H2,1H3. The van der Waals surface area contributed by atoms with E-state index in [0.717, 1.165) is 12.0 Å². The third-order valence-corrected chi connectivity index (χ3v) is 3.76. The first-order chi connectivity index (χ1) is 11.2. The fourth-order valence-corrected chi connectivity index (χ4v) is 2.37. The second-order valence-corrected chi connectivity index (χ2v) is 5.45. The molecule has 23 heavy (non-hydrogen) atoms. The summed E-state index contributed by atoms with van der Waals surface area (Å²) in [4.78, 5) is 4.34. The number of aryl methyl sites for hydroxylation is 1. The Bertz CT molecular complexity index is 802. The number of aromatic nitrogens is 2. The first-order valence-electron chi connectivity index (χ1n) is 7.26. The number of benzene rings is 2. The minimum Gasteiger partial charge on any atom is -0.375 e. The molecule has 3 aromatic rings. The van der Waals surface area contributed by atoms with Crippen LogP contribution in [0.3, 0.4) is 0 Å². The predicted molar refractivity (Wildman–Crippen MR) is 87.8 cm³/mol. The SMILES string of the molecule is CCc1ccc(-c2noc(CNc3ccc(F)cc3Cl)n2)cc1. The van der Waals surface area contributed by atoms with Gasteiger partial charge in [0.15, 0.2) is 0 Å². The fourth-order valence-electron chi connectivity index (χ4n) is 2.14. The molecule has 1 heterocycles. The van der Waals surface area contributed by atoms with E-state index in [4.69, 9.17) is 16.1 Å². The van der Waals surface area contributed by atoms with Crippen molar-refractivity contribution in [2.45, 2.75) is 19.9 Å². The fraction of sp³-hybridized carbons (Fsp3) is 0.176. The third kappa shape index (κ3) is 3.68. The van der Waals surface area contributed by atoms with Gasteiger partial charge in [0.2, 0.25) is 11.7 Å². The number of hydrogen-bond donors (Lipinski definition) is 1. The molecular formula is C17H15ClFN3O. The second kappa shape index (κ2) is 6.79. The van der Waals surface area contributed by atoms with Crippen molar-refractivity contribution in [3.8, 4) is 11.4 Å². The largest absolute Gasteiger partial charge is 0.375 e. The average Bonchev–Trinajstić information content (AvgIpc) is 3.03. The smallest absolute Gasteiger partial charge is 0.246 e. The van der Waals surface area contributed by atoms with Crippen LogP contribution in [0.2, 0.25) is 5.02 Å². The lowest BCUT2D eigenvalue weighted by Gasteiger charge is -2.05. The molecule has 1 aromatic heterocycles. The minimum absolute atomic E-state index is 0.305. The molecule has 0 bridgehead atoms. The Morgan fingerprint density at radius 3 is 2.65 bits per heavy atom. The van der Waals surface area contributed by atoms with Crippen LogP contribution in [0.1, 0.15) is 18.4 Å². The van der Waals surface area contributed by atoms with Crippen LogP contribution in [0.25, 0.3) is 11.4 Å². The van der Waals surface area contributed by atoms with Crippen LogP contribution in [0, 0.1) is 5.82 Å². The maximum Gasteiger partial charge on any atom is 0.246 e. The normalized spacial score (nSPS) is 10.7. The van der Waals surface area contributed by atoms with Crippen molar-refractivity contribution >= 4 is 17.3 Å². The zero-order valence-electron chi connectivity index (χ0n) is 12.5. The molecule has 3 rings (SSSR count). The molecular weight excluding hydrogens is 317 g/mol. The number of nitrogens with one attached hydrogen (secondary N) is 1. The summed E-state index contributed by atoms with van der Waals surface area (Å²) < 4.78 is 18.2. The highest BCUT2D eigenvalue weighted by Gasteiger charge is 2.09. The van der Waals surface area contributed by atoms with E-state index in [-0.39, 0.29) is 5.82 Å².